The van der Waals surface area contributed by atoms with E-state index in [0.29, 0.717) is 18.8 Å². The topological polar surface area (TPSA) is 69.0 Å². The predicted molar refractivity (Wildman–Crippen MR) is 119 cm³/mol. The van der Waals surface area contributed by atoms with Gasteiger partial charge in [-0.1, -0.05) is 35.6 Å². The summed E-state index contributed by atoms with van der Waals surface area (Å²) >= 11 is 1.57. The molecule has 1 aliphatic heterocycles. The molecule has 0 saturated heterocycles. The molecule has 5 rings (SSSR count). The number of aromatic nitrogens is 3. The minimum absolute atomic E-state index is 0.0306. The van der Waals surface area contributed by atoms with E-state index in [4.69, 9.17) is 14.8 Å². The van der Waals surface area contributed by atoms with E-state index in [2.05, 4.69) is 24.4 Å². The second kappa shape index (κ2) is 7.25. The molecule has 30 heavy (non-hydrogen) atoms. The first kappa shape index (κ1) is 18.8. The molecule has 3 heterocycles. The van der Waals surface area contributed by atoms with Crippen molar-refractivity contribution in [3.05, 3.63) is 64.8 Å². The lowest BCUT2D eigenvalue weighted by Gasteiger charge is -2.25. The van der Waals surface area contributed by atoms with Gasteiger partial charge in [0.25, 0.3) is 0 Å². The fourth-order valence-corrected chi connectivity index (χ4v) is 5.14. The van der Waals surface area contributed by atoms with Gasteiger partial charge >= 0.3 is 0 Å². The minimum atomic E-state index is -0.109. The highest BCUT2D eigenvalue weighted by atomic mass is 32.1. The lowest BCUT2D eigenvalue weighted by Crippen LogP contribution is -2.25. The zero-order chi connectivity index (χ0) is 20.8. The van der Waals surface area contributed by atoms with Crippen LogP contribution >= 0.6 is 11.3 Å². The Balaban J connectivity index is 1.66. The molecule has 1 atom stereocenters. The number of anilines is 1. The largest absolute Gasteiger partial charge is 0.494 e. The second-order valence-electron chi connectivity index (χ2n) is 7.50. The summed E-state index contributed by atoms with van der Waals surface area (Å²) in [5.74, 6) is 1.38. The molecule has 0 saturated carbocycles. The zero-order valence-electron chi connectivity index (χ0n) is 17.1. The number of aryl methyl sites for hydroxylation is 2. The molecule has 6 nitrogen and oxygen atoms in total. The van der Waals surface area contributed by atoms with Gasteiger partial charge in [-0.3, -0.25) is 4.79 Å². The number of hydrogen-bond acceptors (Lipinski definition) is 5. The van der Waals surface area contributed by atoms with Crippen LogP contribution in [0.1, 0.15) is 41.6 Å². The molecule has 0 spiro atoms. The Morgan fingerprint density at radius 1 is 1.23 bits per heavy atom. The molecule has 152 valence electrons. The second-order valence-corrected chi connectivity index (χ2v) is 8.51. The number of amides is 1. The maximum Gasteiger partial charge on any atom is 0.226 e. The van der Waals surface area contributed by atoms with E-state index in [0.717, 1.165) is 37.9 Å². The Bertz CT molecular complexity index is 1270. The summed E-state index contributed by atoms with van der Waals surface area (Å²) in [7, 11) is 0. The van der Waals surface area contributed by atoms with Crippen LogP contribution in [0.3, 0.4) is 0 Å². The Morgan fingerprint density at radius 3 is 2.90 bits per heavy atom. The van der Waals surface area contributed by atoms with Gasteiger partial charge in [0.05, 0.1) is 22.5 Å². The van der Waals surface area contributed by atoms with Crippen LogP contribution < -0.4 is 10.1 Å². The summed E-state index contributed by atoms with van der Waals surface area (Å²) in [6.45, 7) is 6.60. The molecule has 0 bridgehead atoms. The molecule has 0 radical (unpaired) electrons. The molecule has 0 aliphatic carbocycles. The van der Waals surface area contributed by atoms with Crippen molar-refractivity contribution in [1.29, 1.82) is 0 Å². The summed E-state index contributed by atoms with van der Waals surface area (Å²) < 4.78 is 8.73. The third kappa shape index (κ3) is 3.06. The first-order valence-corrected chi connectivity index (χ1v) is 10.9. The number of carbonyl (C=O) groups is 1. The number of carbonyl (C=O) groups excluding carboxylic acids is 1. The number of nitrogens with one attached hydrogen (secondary N) is 1. The highest BCUT2D eigenvalue weighted by Gasteiger charge is 2.34. The third-order valence-electron chi connectivity index (χ3n) is 5.41. The normalized spacial score (nSPS) is 15.8. The van der Waals surface area contributed by atoms with Crippen LogP contribution in [-0.2, 0) is 4.79 Å². The van der Waals surface area contributed by atoms with Crippen molar-refractivity contribution < 1.29 is 9.53 Å². The van der Waals surface area contributed by atoms with Crippen LogP contribution in [0.5, 0.6) is 5.75 Å². The fourth-order valence-electron chi connectivity index (χ4n) is 4.12. The highest BCUT2D eigenvalue weighted by molar-refractivity contribution is 7.20. The Kier molecular flexibility index (Phi) is 4.55. The summed E-state index contributed by atoms with van der Waals surface area (Å²) in [5.41, 5.74) is 5.05. The number of ether oxygens (including phenoxy) is 1. The molecule has 0 fully saturated rings. The number of thiazole rings is 1. The maximum absolute atomic E-state index is 12.7. The van der Waals surface area contributed by atoms with Crippen molar-refractivity contribution in [3.8, 4) is 10.9 Å². The van der Waals surface area contributed by atoms with E-state index in [-0.39, 0.29) is 11.8 Å². The molecular weight excluding hydrogens is 396 g/mol. The maximum atomic E-state index is 12.7. The van der Waals surface area contributed by atoms with Gasteiger partial charge in [-0.15, -0.1) is 0 Å². The molecule has 2 aromatic carbocycles. The molecule has 1 amide bonds. The first-order chi connectivity index (χ1) is 14.5. The summed E-state index contributed by atoms with van der Waals surface area (Å²) in [6, 6.07) is 14.1. The minimum Gasteiger partial charge on any atom is -0.494 e. The molecule has 7 heteroatoms. The third-order valence-corrected chi connectivity index (χ3v) is 6.40. The van der Waals surface area contributed by atoms with Crippen molar-refractivity contribution in [2.75, 3.05) is 11.9 Å². The average Bonchev–Trinajstić information content (AvgIpc) is 3.28. The molecule has 1 unspecified atom stereocenters. The van der Waals surface area contributed by atoms with Crippen molar-refractivity contribution in [3.63, 3.8) is 0 Å². The first-order valence-electron chi connectivity index (χ1n) is 10.0. The molecule has 1 N–H and O–H groups in total. The predicted octanol–water partition coefficient (Wildman–Crippen LogP) is 4.97. The summed E-state index contributed by atoms with van der Waals surface area (Å²) in [5, 5.41) is 8.57. The van der Waals surface area contributed by atoms with Gasteiger partial charge in [-0.25, -0.2) is 4.98 Å². The van der Waals surface area contributed by atoms with Crippen LogP contribution in [0.2, 0.25) is 0 Å². The van der Waals surface area contributed by atoms with Gasteiger partial charge in [0.15, 0.2) is 0 Å². The van der Waals surface area contributed by atoms with Crippen LogP contribution in [0, 0.1) is 13.8 Å². The lowest BCUT2D eigenvalue weighted by molar-refractivity contribution is -0.116. The quantitative estimate of drug-likeness (QED) is 0.508. The zero-order valence-corrected chi connectivity index (χ0v) is 17.9. The summed E-state index contributed by atoms with van der Waals surface area (Å²) in [4.78, 5) is 17.4. The number of nitrogens with zero attached hydrogens (tertiary/aromatic N) is 3. The van der Waals surface area contributed by atoms with Crippen molar-refractivity contribution in [2.45, 2.75) is 33.1 Å². The van der Waals surface area contributed by atoms with E-state index < -0.39 is 0 Å². The van der Waals surface area contributed by atoms with Crippen molar-refractivity contribution in [1.82, 2.24) is 14.8 Å². The standard InChI is InChI=1S/C23H22N4O2S/c1-4-29-18-8-6-5-7-15(18)16-12-20(28)25-22-21(16)14(3)26-27(22)23-24-17-10-9-13(2)11-19(17)30-23/h5-11,16H,4,12H2,1-3H3,(H,25,28). The number of hydrogen-bond donors (Lipinski definition) is 1. The Morgan fingerprint density at radius 2 is 2.07 bits per heavy atom. The smallest absolute Gasteiger partial charge is 0.226 e. The molecule has 1 aliphatic rings. The van der Waals surface area contributed by atoms with Crippen LogP contribution in [0.4, 0.5) is 5.82 Å². The van der Waals surface area contributed by atoms with Crippen LogP contribution in [0.25, 0.3) is 15.3 Å². The number of rotatable bonds is 4. The van der Waals surface area contributed by atoms with Crippen LogP contribution in [0.15, 0.2) is 42.5 Å². The van der Waals surface area contributed by atoms with Crippen LogP contribution in [-0.4, -0.2) is 27.3 Å². The Labute approximate surface area is 178 Å². The van der Waals surface area contributed by atoms with Gasteiger partial charge in [0, 0.05) is 23.5 Å². The van der Waals surface area contributed by atoms with Gasteiger partial charge in [0.1, 0.15) is 11.6 Å². The van der Waals surface area contributed by atoms with E-state index in [1.165, 1.54) is 5.56 Å². The van der Waals surface area contributed by atoms with Gasteiger partial charge in [0.2, 0.25) is 11.0 Å². The van der Waals surface area contributed by atoms with Gasteiger partial charge in [-0.2, -0.15) is 9.78 Å². The van der Waals surface area contributed by atoms with Crippen molar-refractivity contribution >= 4 is 33.3 Å². The molecule has 4 aromatic rings. The Hall–Kier alpha value is -3.19. The molecular formula is C23H22N4O2S. The number of benzene rings is 2. The molecule has 2 aromatic heterocycles. The van der Waals surface area contributed by atoms with E-state index in [9.17, 15) is 4.79 Å². The summed E-state index contributed by atoms with van der Waals surface area (Å²) in [6.07, 6.45) is 0.364. The fraction of sp³-hybridized carbons (Fsp3) is 0.261. The SMILES string of the molecule is CCOc1ccccc1C1CC(=O)Nc2c1c(C)nn2-c1nc2ccc(C)cc2s1. The van der Waals surface area contributed by atoms with E-state index in [1.54, 1.807) is 16.0 Å². The van der Waals surface area contributed by atoms with Gasteiger partial charge < -0.3 is 10.1 Å². The highest BCUT2D eigenvalue weighted by Crippen LogP contribution is 2.43. The number of para-hydroxylation sites is 1. The monoisotopic (exact) mass is 418 g/mol. The van der Waals surface area contributed by atoms with Gasteiger partial charge in [-0.05, 0) is 44.5 Å². The average molecular weight is 419 g/mol. The van der Waals surface area contributed by atoms with E-state index >= 15 is 0 Å². The van der Waals surface area contributed by atoms with Crippen molar-refractivity contribution in [2.24, 2.45) is 0 Å². The lowest BCUT2D eigenvalue weighted by atomic mass is 9.85. The number of fused-ring (bicyclic) bond motifs is 2. The van der Waals surface area contributed by atoms with E-state index in [1.807, 2.05) is 44.2 Å².